The summed E-state index contributed by atoms with van der Waals surface area (Å²) in [6, 6.07) is 3.71. The lowest BCUT2D eigenvalue weighted by molar-refractivity contribution is 0.0935. The van der Waals surface area contributed by atoms with Gasteiger partial charge in [0.2, 0.25) is 0 Å². The second-order valence-corrected chi connectivity index (χ2v) is 3.22. The molecule has 3 nitrogen and oxygen atoms in total. The Morgan fingerprint density at radius 1 is 1.36 bits per heavy atom. The van der Waals surface area contributed by atoms with Gasteiger partial charge in [0, 0.05) is 24.0 Å². The number of rotatable bonds is 4. The third-order valence-corrected chi connectivity index (χ3v) is 2.26. The first-order chi connectivity index (χ1) is 6.77. The average molecular weight is 192 g/mol. The Kier molecular flexibility index (Phi) is 4.11. The number of carbonyl (C=O) groups is 1. The normalized spacial score (nSPS) is 10.2. The van der Waals surface area contributed by atoms with Crippen molar-refractivity contribution in [2.45, 2.75) is 32.7 Å². The molecule has 76 valence electrons. The van der Waals surface area contributed by atoms with E-state index in [0.29, 0.717) is 5.56 Å². The molecule has 0 saturated carbocycles. The lowest BCUT2D eigenvalue weighted by atomic mass is 10.1. The fourth-order valence-corrected chi connectivity index (χ4v) is 1.26. The van der Waals surface area contributed by atoms with Crippen LogP contribution in [0.15, 0.2) is 24.5 Å². The van der Waals surface area contributed by atoms with Gasteiger partial charge in [-0.25, -0.2) is 0 Å². The summed E-state index contributed by atoms with van der Waals surface area (Å²) in [7, 11) is 0. The van der Waals surface area contributed by atoms with Crippen molar-refractivity contribution in [3.8, 4) is 0 Å². The minimum absolute atomic E-state index is 0.0129. The average Bonchev–Trinajstić information content (AvgIpc) is 2.26. The molecule has 1 heterocycles. The molecule has 3 heteroatoms. The summed E-state index contributed by atoms with van der Waals surface area (Å²) in [5.41, 5.74) is 0.673. The first-order valence-electron chi connectivity index (χ1n) is 4.98. The predicted octanol–water partition coefficient (Wildman–Crippen LogP) is 2.00. The maximum Gasteiger partial charge on any atom is 0.251 e. The highest BCUT2D eigenvalue weighted by Gasteiger charge is 2.09. The predicted molar refractivity (Wildman–Crippen MR) is 56.1 cm³/mol. The van der Waals surface area contributed by atoms with Crippen molar-refractivity contribution >= 4 is 5.91 Å². The molecule has 1 N–H and O–H groups in total. The summed E-state index contributed by atoms with van der Waals surface area (Å²) >= 11 is 0. The molecule has 14 heavy (non-hydrogen) atoms. The number of pyridine rings is 1. The van der Waals surface area contributed by atoms with Gasteiger partial charge in [-0.15, -0.1) is 0 Å². The Balaban J connectivity index is 2.59. The summed E-state index contributed by atoms with van der Waals surface area (Å²) in [4.78, 5) is 15.5. The van der Waals surface area contributed by atoms with Gasteiger partial charge in [-0.3, -0.25) is 9.78 Å². The molecule has 0 unspecified atom stereocenters. The maximum absolute atomic E-state index is 11.6. The van der Waals surface area contributed by atoms with Crippen LogP contribution in [0.25, 0.3) is 0 Å². The third kappa shape index (κ3) is 2.83. The minimum Gasteiger partial charge on any atom is -0.349 e. The van der Waals surface area contributed by atoms with Crippen molar-refractivity contribution in [2.75, 3.05) is 0 Å². The van der Waals surface area contributed by atoms with E-state index in [4.69, 9.17) is 0 Å². The molecule has 0 spiro atoms. The van der Waals surface area contributed by atoms with Crippen LogP contribution in [0.3, 0.4) is 0 Å². The van der Waals surface area contributed by atoms with E-state index < -0.39 is 0 Å². The van der Waals surface area contributed by atoms with Crippen molar-refractivity contribution in [1.82, 2.24) is 10.3 Å². The molecule has 0 aliphatic rings. The Labute approximate surface area is 84.6 Å². The quantitative estimate of drug-likeness (QED) is 0.792. The van der Waals surface area contributed by atoms with E-state index in [9.17, 15) is 4.79 Å². The minimum atomic E-state index is -0.0129. The van der Waals surface area contributed by atoms with Crippen molar-refractivity contribution in [1.29, 1.82) is 0 Å². The smallest absolute Gasteiger partial charge is 0.251 e. The van der Waals surface area contributed by atoms with Crippen LogP contribution >= 0.6 is 0 Å². The largest absolute Gasteiger partial charge is 0.349 e. The second-order valence-electron chi connectivity index (χ2n) is 3.22. The third-order valence-electron chi connectivity index (χ3n) is 2.26. The lowest BCUT2D eigenvalue weighted by Gasteiger charge is -2.14. The molecule has 1 aromatic heterocycles. The van der Waals surface area contributed by atoms with Crippen LogP contribution in [0, 0.1) is 0 Å². The molecule has 1 aromatic rings. The monoisotopic (exact) mass is 192 g/mol. The van der Waals surface area contributed by atoms with Crippen LogP contribution in [0.4, 0.5) is 0 Å². The van der Waals surface area contributed by atoms with E-state index in [1.54, 1.807) is 24.5 Å². The number of carbonyl (C=O) groups excluding carboxylic acids is 1. The van der Waals surface area contributed by atoms with E-state index in [1.165, 1.54) is 0 Å². The van der Waals surface area contributed by atoms with E-state index >= 15 is 0 Å². The summed E-state index contributed by atoms with van der Waals surface area (Å²) in [6.45, 7) is 4.14. The molecule has 0 aliphatic carbocycles. The van der Waals surface area contributed by atoms with Crippen LogP contribution in [0.5, 0.6) is 0 Å². The number of aromatic nitrogens is 1. The molecule has 0 saturated heterocycles. The molecule has 0 radical (unpaired) electrons. The molecule has 0 aromatic carbocycles. The van der Waals surface area contributed by atoms with Crippen LogP contribution in [-0.4, -0.2) is 16.9 Å². The van der Waals surface area contributed by atoms with E-state index in [0.717, 1.165) is 12.8 Å². The Bertz CT molecular complexity index is 281. The van der Waals surface area contributed by atoms with Crippen molar-refractivity contribution in [3.63, 3.8) is 0 Å². The van der Waals surface area contributed by atoms with Crippen LogP contribution < -0.4 is 5.32 Å². The zero-order valence-corrected chi connectivity index (χ0v) is 8.66. The van der Waals surface area contributed by atoms with Gasteiger partial charge in [-0.05, 0) is 25.0 Å². The highest BCUT2D eigenvalue weighted by atomic mass is 16.1. The van der Waals surface area contributed by atoms with Crippen molar-refractivity contribution < 1.29 is 4.79 Å². The van der Waals surface area contributed by atoms with Gasteiger partial charge in [-0.1, -0.05) is 13.8 Å². The van der Waals surface area contributed by atoms with Gasteiger partial charge in [0.25, 0.3) is 5.91 Å². The number of hydrogen-bond donors (Lipinski definition) is 1. The first-order valence-corrected chi connectivity index (χ1v) is 4.98. The molecular weight excluding hydrogens is 176 g/mol. The van der Waals surface area contributed by atoms with E-state index in [2.05, 4.69) is 24.1 Å². The Hall–Kier alpha value is -1.38. The maximum atomic E-state index is 11.6. The fraction of sp³-hybridized carbons (Fsp3) is 0.455. The zero-order chi connectivity index (χ0) is 10.4. The molecule has 0 fully saturated rings. The molecular formula is C11H16N2O. The summed E-state index contributed by atoms with van der Waals surface area (Å²) in [5, 5.41) is 2.97. The number of nitrogens with one attached hydrogen (secondary N) is 1. The van der Waals surface area contributed by atoms with Crippen molar-refractivity contribution in [3.05, 3.63) is 30.1 Å². The molecule has 0 atom stereocenters. The molecule has 1 rings (SSSR count). The highest BCUT2D eigenvalue weighted by Crippen LogP contribution is 2.00. The number of hydrogen-bond acceptors (Lipinski definition) is 2. The standard InChI is InChI=1S/C11H16N2O/c1-3-10(4-2)13-11(14)9-5-7-12-8-6-9/h5-8,10H,3-4H2,1-2H3,(H,13,14). The highest BCUT2D eigenvalue weighted by molar-refractivity contribution is 5.94. The lowest BCUT2D eigenvalue weighted by Crippen LogP contribution is -2.33. The zero-order valence-electron chi connectivity index (χ0n) is 8.66. The Morgan fingerprint density at radius 2 is 1.93 bits per heavy atom. The topological polar surface area (TPSA) is 42.0 Å². The van der Waals surface area contributed by atoms with Gasteiger partial charge in [-0.2, -0.15) is 0 Å². The van der Waals surface area contributed by atoms with Crippen LogP contribution in [0.1, 0.15) is 37.0 Å². The second kappa shape index (κ2) is 5.37. The summed E-state index contributed by atoms with van der Waals surface area (Å²) in [6.07, 6.45) is 5.18. The summed E-state index contributed by atoms with van der Waals surface area (Å²) in [5.74, 6) is -0.0129. The van der Waals surface area contributed by atoms with E-state index in [-0.39, 0.29) is 11.9 Å². The SMILES string of the molecule is CCC(CC)NC(=O)c1ccncc1. The van der Waals surface area contributed by atoms with Gasteiger partial charge >= 0.3 is 0 Å². The first kappa shape index (κ1) is 10.7. The molecule has 0 bridgehead atoms. The summed E-state index contributed by atoms with van der Waals surface area (Å²) < 4.78 is 0. The number of nitrogens with zero attached hydrogens (tertiary/aromatic N) is 1. The molecule has 1 amide bonds. The van der Waals surface area contributed by atoms with E-state index in [1.807, 2.05) is 0 Å². The molecule has 0 aliphatic heterocycles. The van der Waals surface area contributed by atoms with Crippen molar-refractivity contribution in [2.24, 2.45) is 0 Å². The number of amides is 1. The fourth-order valence-electron chi connectivity index (χ4n) is 1.26. The van der Waals surface area contributed by atoms with Crippen LogP contribution in [-0.2, 0) is 0 Å². The van der Waals surface area contributed by atoms with Gasteiger partial charge in [0.05, 0.1) is 0 Å². The Morgan fingerprint density at radius 3 is 2.43 bits per heavy atom. The van der Waals surface area contributed by atoms with Gasteiger partial charge in [0.1, 0.15) is 0 Å². The van der Waals surface area contributed by atoms with Gasteiger partial charge in [0.15, 0.2) is 0 Å². The van der Waals surface area contributed by atoms with Crippen LogP contribution in [0.2, 0.25) is 0 Å². The van der Waals surface area contributed by atoms with Gasteiger partial charge < -0.3 is 5.32 Å².